The zero-order valence-corrected chi connectivity index (χ0v) is 32.2. The maximum atomic E-state index is 13.4. The van der Waals surface area contributed by atoms with Gasteiger partial charge < -0.3 is 45.3 Å². The van der Waals surface area contributed by atoms with E-state index in [9.17, 15) is 29.6 Å². The van der Waals surface area contributed by atoms with Crippen LogP contribution < -0.4 is 30.6 Å². The topological polar surface area (TPSA) is 211 Å². The number of aliphatic hydroxyl groups excluding tert-OH is 1. The predicted molar refractivity (Wildman–Crippen MR) is 198 cm³/mol. The summed E-state index contributed by atoms with van der Waals surface area (Å²) < 4.78 is 22.2. The smallest absolute Gasteiger partial charge is 0.412 e. The normalized spacial score (nSPS) is 13.8. The van der Waals surface area contributed by atoms with Gasteiger partial charge in [0.05, 0.1) is 31.3 Å². The van der Waals surface area contributed by atoms with Crippen molar-refractivity contribution in [2.24, 2.45) is 34.8 Å². The number of ether oxygens (including phenoxy) is 4. The number of amides is 3. The van der Waals surface area contributed by atoms with Crippen LogP contribution in [-0.2, 0) is 32.2 Å². The lowest BCUT2D eigenvalue weighted by atomic mass is 9.80. The Hall–Kier alpha value is -4.63. The van der Waals surface area contributed by atoms with E-state index < -0.39 is 40.6 Å². The van der Waals surface area contributed by atoms with Crippen molar-refractivity contribution < 1.29 is 48.4 Å². The summed E-state index contributed by atoms with van der Waals surface area (Å²) in [6.07, 6.45) is -0.427. The van der Waals surface area contributed by atoms with E-state index in [1.54, 1.807) is 40.2 Å². The van der Waals surface area contributed by atoms with Crippen LogP contribution in [-0.4, -0.2) is 74.2 Å². The van der Waals surface area contributed by atoms with Gasteiger partial charge in [0.2, 0.25) is 11.8 Å². The number of nitrogens with zero attached hydrogens (tertiary/aromatic N) is 1. The van der Waals surface area contributed by atoms with Gasteiger partial charge in [-0.3, -0.25) is 9.59 Å². The number of primary amides is 1. The Labute approximate surface area is 312 Å². The second-order valence-corrected chi connectivity index (χ2v) is 14.5. The molecule has 15 heteroatoms. The second-order valence-electron chi connectivity index (χ2n) is 14.5. The van der Waals surface area contributed by atoms with Gasteiger partial charge in [-0.15, -0.1) is 10.1 Å². The monoisotopic (exact) mass is 746 g/mol. The molecule has 53 heavy (non-hydrogen) atoms. The van der Waals surface area contributed by atoms with Crippen LogP contribution in [0, 0.1) is 39.2 Å². The fourth-order valence-electron chi connectivity index (χ4n) is 5.63. The molecule has 2 aromatic carbocycles. The Balaban J connectivity index is 2.37. The number of hydrogen-bond donors (Lipinski definition) is 4. The van der Waals surface area contributed by atoms with Crippen LogP contribution in [0.15, 0.2) is 42.5 Å². The molecule has 0 spiro atoms. The summed E-state index contributed by atoms with van der Waals surface area (Å²) in [7, 11) is 3.21. The second kappa shape index (κ2) is 21.8. The molecule has 2 rings (SSSR count). The number of nitrogens with one attached hydrogen (secondary N) is 2. The number of carbonyl (C=O) groups excluding carboxylic acids is 3. The molecule has 0 aliphatic heterocycles. The molecule has 0 heterocycles. The molecule has 0 fully saturated rings. The van der Waals surface area contributed by atoms with Gasteiger partial charge in [0.25, 0.3) is 5.09 Å². The third-order valence-electron chi connectivity index (χ3n) is 9.20. The first-order chi connectivity index (χ1) is 25.0. The van der Waals surface area contributed by atoms with Gasteiger partial charge in [-0.05, 0) is 86.3 Å². The van der Waals surface area contributed by atoms with Crippen molar-refractivity contribution in [2.75, 3.05) is 34.0 Å². The van der Waals surface area contributed by atoms with E-state index in [0.29, 0.717) is 49.5 Å². The molecule has 0 saturated carbocycles. The average Bonchev–Trinajstić information content (AvgIpc) is 3.09. The number of carbonyl (C=O) groups is 3. The number of benzene rings is 2. The molecule has 0 radical (unpaired) electrons. The summed E-state index contributed by atoms with van der Waals surface area (Å²) in [5, 5.41) is 27.2. The zero-order chi connectivity index (χ0) is 39.7. The van der Waals surface area contributed by atoms with Gasteiger partial charge in [0, 0.05) is 32.6 Å². The number of rotatable bonds is 24. The molecular weight excluding hydrogens is 688 g/mol. The fraction of sp³-hybridized carbons (Fsp3) is 0.605. The van der Waals surface area contributed by atoms with E-state index in [1.807, 2.05) is 32.0 Å². The van der Waals surface area contributed by atoms with Crippen LogP contribution >= 0.6 is 0 Å². The van der Waals surface area contributed by atoms with Gasteiger partial charge in [0.1, 0.15) is 12.4 Å². The summed E-state index contributed by atoms with van der Waals surface area (Å²) in [4.78, 5) is 53.7. The maximum absolute atomic E-state index is 13.4. The van der Waals surface area contributed by atoms with E-state index in [2.05, 4.69) is 29.3 Å². The van der Waals surface area contributed by atoms with E-state index >= 15 is 0 Å². The molecule has 15 nitrogen and oxygen atoms in total. The lowest BCUT2D eigenvalue weighted by molar-refractivity contribution is -0.763. The minimum Gasteiger partial charge on any atom is -0.493 e. The highest BCUT2D eigenvalue weighted by Gasteiger charge is 2.34. The number of methoxy groups -OCH3 is 2. The van der Waals surface area contributed by atoms with Gasteiger partial charge in [-0.2, -0.15) is 0 Å². The quantitative estimate of drug-likeness (QED) is 0.0649. The van der Waals surface area contributed by atoms with Crippen LogP contribution in [0.1, 0.15) is 71.9 Å². The standard InChI is InChI=1S/C38H58N4O11/c1-24(2)28(17-26-13-14-33(50-8)34(19-26)51-16-10-15-49-7)20-31(41-37(46)53-29-12-9-11-27(18-29)22-52-42(47)48)32(43)21-30(25(3)4)35(44)40-23-38(5,6)36(39)45/h9,11-14,18-19,24-25,28,30-32,43H,10,15-17,20-23H2,1-8H3,(H2,39,45)(H,40,44)(H,41,46). The molecule has 0 bridgehead atoms. The molecule has 5 N–H and O–H groups in total. The maximum Gasteiger partial charge on any atom is 0.412 e. The average molecular weight is 747 g/mol. The summed E-state index contributed by atoms with van der Waals surface area (Å²) in [5.41, 5.74) is 5.90. The van der Waals surface area contributed by atoms with Crippen LogP contribution in [0.5, 0.6) is 17.2 Å². The van der Waals surface area contributed by atoms with Crippen molar-refractivity contribution in [3.63, 3.8) is 0 Å². The predicted octanol–water partition coefficient (Wildman–Crippen LogP) is 4.83. The third-order valence-corrected chi connectivity index (χ3v) is 9.20. The largest absolute Gasteiger partial charge is 0.493 e. The summed E-state index contributed by atoms with van der Waals surface area (Å²) >= 11 is 0. The highest BCUT2D eigenvalue weighted by molar-refractivity contribution is 5.83. The fourth-order valence-corrected chi connectivity index (χ4v) is 5.63. The minimum atomic E-state index is -1.18. The van der Waals surface area contributed by atoms with Crippen molar-refractivity contribution in [1.29, 1.82) is 0 Å². The molecule has 296 valence electrons. The van der Waals surface area contributed by atoms with Crippen LogP contribution in [0.4, 0.5) is 4.79 Å². The Morgan fingerprint density at radius 2 is 1.68 bits per heavy atom. The molecule has 0 aliphatic rings. The molecule has 2 aromatic rings. The summed E-state index contributed by atoms with van der Waals surface area (Å²) in [6, 6.07) is 11.0. The van der Waals surface area contributed by atoms with E-state index in [1.165, 1.54) is 12.1 Å². The molecule has 4 unspecified atom stereocenters. The van der Waals surface area contributed by atoms with Crippen molar-refractivity contribution in [3.05, 3.63) is 63.7 Å². The number of hydrogen-bond acceptors (Lipinski definition) is 11. The first kappa shape index (κ1) is 44.5. The highest BCUT2D eigenvalue weighted by Crippen LogP contribution is 2.32. The number of nitrogens with two attached hydrogens (primary N) is 1. The van der Waals surface area contributed by atoms with Gasteiger partial charge >= 0.3 is 6.09 Å². The van der Waals surface area contributed by atoms with Gasteiger partial charge in [-0.1, -0.05) is 45.9 Å². The van der Waals surface area contributed by atoms with Gasteiger partial charge in [-0.25, -0.2) is 4.79 Å². The Morgan fingerprint density at radius 3 is 2.28 bits per heavy atom. The zero-order valence-electron chi connectivity index (χ0n) is 32.2. The SMILES string of the molecule is COCCCOc1cc(CC(CC(NC(=O)Oc2cccc(CO[N+](=O)[O-])c2)C(O)CC(C(=O)NCC(C)(C)C(N)=O)C(C)C)C(C)C)ccc1OC. The van der Waals surface area contributed by atoms with Crippen molar-refractivity contribution in [2.45, 2.75) is 86.0 Å². The Bertz CT molecular complexity index is 1480. The van der Waals surface area contributed by atoms with Crippen LogP contribution in [0.25, 0.3) is 0 Å². The van der Waals surface area contributed by atoms with Crippen LogP contribution in [0.2, 0.25) is 0 Å². The third kappa shape index (κ3) is 15.5. The molecule has 0 aliphatic carbocycles. The molecular formula is C38H58N4O11. The lowest BCUT2D eigenvalue weighted by Gasteiger charge is -2.32. The summed E-state index contributed by atoms with van der Waals surface area (Å²) in [5.74, 6) is -0.407. The lowest BCUT2D eigenvalue weighted by Crippen LogP contribution is -2.49. The van der Waals surface area contributed by atoms with Crippen LogP contribution in [0.3, 0.4) is 0 Å². The molecule has 0 aromatic heterocycles. The number of aliphatic hydroxyl groups is 1. The van der Waals surface area contributed by atoms with E-state index in [0.717, 1.165) is 5.56 Å². The minimum absolute atomic E-state index is 0.00593. The van der Waals surface area contributed by atoms with Crippen molar-refractivity contribution in [1.82, 2.24) is 10.6 Å². The van der Waals surface area contributed by atoms with Crippen molar-refractivity contribution in [3.8, 4) is 17.2 Å². The first-order valence-electron chi connectivity index (χ1n) is 17.9. The van der Waals surface area contributed by atoms with Gasteiger partial charge in [0.15, 0.2) is 11.5 Å². The first-order valence-corrected chi connectivity index (χ1v) is 17.9. The summed E-state index contributed by atoms with van der Waals surface area (Å²) in [6.45, 7) is 11.8. The highest BCUT2D eigenvalue weighted by atomic mass is 16.9. The Kier molecular flexibility index (Phi) is 18.3. The van der Waals surface area contributed by atoms with E-state index in [4.69, 9.17) is 24.7 Å². The molecule has 3 amide bonds. The Morgan fingerprint density at radius 1 is 0.962 bits per heavy atom. The van der Waals surface area contributed by atoms with Crippen molar-refractivity contribution >= 4 is 17.9 Å². The molecule has 4 atom stereocenters. The molecule has 0 saturated heterocycles. The van der Waals surface area contributed by atoms with E-state index in [-0.39, 0.29) is 49.0 Å².